The number of piperidine rings is 1. The molecule has 0 saturated carbocycles. The van der Waals surface area contributed by atoms with Crippen LogP contribution in [0.1, 0.15) is 24.0 Å². The number of nitrogens with zero attached hydrogens (tertiary/aromatic N) is 1. The predicted molar refractivity (Wildman–Crippen MR) is 74.8 cm³/mol. The monoisotopic (exact) mass is 262 g/mol. The first-order chi connectivity index (χ1) is 9.20. The lowest BCUT2D eigenvalue weighted by Crippen LogP contribution is -2.44. The molecule has 19 heavy (non-hydrogen) atoms. The van der Waals surface area contributed by atoms with Crippen LogP contribution < -0.4 is 5.32 Å². The van der Waals surface area contributed by atoms with Gasteiger partial charge in [-0.05, 0) is 36.8 Å². The minimum atomic E-state index is -0.000331. The van der Waals surface area contributed by atoms with Crippen molar-refractivity contribution in [2.45, 2.75) is 26.3 Å². The second-order valence-corrected chi connectivity index (χ2v) is 5.20. The van der Waals surface area contributed by atoms with E-state index in [1.165, 1.54) is 5.56 Å². The number of amides is 2. The first kappa shape index (κ1) is 13.9. The van der Waals surface area contributed by atoms with Crippen molar-refractivity contribution in [3.05, 3.63) is 35.4 Å². The normalized spacial score (nSPS) is 16.4. The minimum Gasteiger partial charge on any atom is -0.396 e. The highest BCUT2D eigenvalue weighted by Crippen LogP contribution is 2.16. The number of aliphatic hydroxyl groups excluding tert-OH is 1. The van der Waals surface area contributed by atoms with Gasteiger partial charge in [0.25, 0.3) is 0 Å². The smallest absolute Gasteiger partial charge is 0.317 e. The molecule has 0 spiro atoms. The van der Waals surface area contributed by atoms with Crippen molar-refractivity contribution in [3.8, 4) is 0 Å². The van der Waals surface area contributed by atoms with Crippen molar-refractivity contribution in [2.75, 3.05) is 19.7 Å². The van der Waals surface area contributed by atoms with E-state index in [0.29, 0.717) is 12.5 Å². The lowest BCUT2D eigenvalue weighted by molar-refractivity contribution is 0.137. The zero-order valence-electron chi connectivity index (χ0n) is 11.4. The zero-order chi connectivity index (χ0) is 13.7. The lowest BCUT2D eigenvalue weighted by Gasteiger charge is -2.31. The average molecular weight is 262 g/mol. The summed E-state index contributed by atoms with van der Waals surface area (Å²) < 4.78 is 0. The molecule has 1 aliphatic rings. The van der Waals surface area contributed by atoms with E-state index in [1.54, 1.807) is 0 Å². The maximum atomic E-state index is 12.0. The van der Waals surface area contributed by atoms with Crippen LogP contribution in [0.25, 0.3) is 0 Å². The van der Waals surface area contributed by atoms with Gasteiger partial charge in [-0.1, -0.05) is 24.3 Å². The van der Waals surface area contributed by atoms with Gasteiger partial charge in [0.1, 0.15) is 0 Å². The molecule has 2 amide bonds. The summed E-state index contributed by atoms with van der Waals surface area (Å²) in [4.78, 5) is 13.9. The first-order valence-corrected chi connectivity index (χ1v) is 6.89. The number of benzene rings is 1. The summed E-state index contributed by atoms with van der Waals surface area (Å²) in [6, 6.07) is 8.07. The first-order valence-electron chi connectivity index (χ1n) is 6.89. The second-order valence-electron chi connectivity index (χ2n) is 5.20. The summed E-state index contributed by atoms with van der Waals surface area (Å²) in [5.41, 5.74) is 2.35. The van der Waals surface area contributed by atoms with Gasteiger partial charge in [-0.25, -0.2) is 4.79 Å². The van der Waals surface area contributed by atoms with E-state index < -0.39 is 0 Å². The number of nitrogens with one attached hydrogen (secondary N) is 1. The molecule has 1 aliphatic heterocycles. The molecule has 2 rings (SSSR count). The number of hydrogen-bond acceptors (Lipinski definition) is 2. The van der Waals surface area contributed by atoms with Crippen molar-refractivity contribution in [1.29, 1.82) is 0 Å². The van der Waals surface area contributed by atoms with E-state index in [2.05, 4.69) is 5.32 Å². The van der Waals surface area contributed by atoms with Crippen molar-refractivity contribution >= 4 is 6.03 Å². The van der Waals surface area contributed by atoms with Crippen LogP contribution in [0.4, 0.5) is 4.79 Å². The number of hydrogen-bond donors (Lipinski definition) is 2. The van der Waals surface area contributed by atoms with E-state index >= 15 is 0 Å². The largest absolute Gasteiger partial charge is 0.396 e. The number of carbonyl (C=O) groups excluding carboxylic acids is 1. The number of urea groups is 1. The van der Waals surface area contributed by atoms with Crippen molar-refractivity contribution < 1.29 is 9.90 Å². The van der Waals surface area contributed by atoms with Gasteiger partial charge in [-0.2, -0.15) is 0 Å². The molecule has 0 atom stereocenters. The van der Waals surface area contributed by atoms with Crippen molar-refractivity contribution in [3.63, 3.8) is 0 Å². The molecule has 2 N–H and O–H groups in total. The maximum Gasteiger partial charge on any atom is 0.317 e. The van der Waals surface area contributed by atoms with E-state index in [0.717, 1.165) is 31.5 Å². The third-order valence-electron chi connectivity index (χ3n) is 3.85. The van der Waals surface area contributed by atoms with Crippen molar-refractivity contribution in [1.82, 2.24) is 10.2 Å². The molecule has 104 valence electrons. The standard InChI is InChI=1S/C15H22N2O2/c1-12-4-2-3-5-14(12)10-16-15(19)17-8-6-13(11-18)7-9-17/h2-5,13,18H,6-11H2,1H3,(H,16,19). The number of likely N-dealkylation sites (tertiary alicyclic amines) is 1. The third-order valence-corrected chi connectivity index (χ3v) is 3.85. The van der Waals surface area contributed by atoms with Crippen LogP contribution in [0.3, 0.4) is 0 Å². The molecular formula is C15H22N2O2. The molecule has 1 aromatic carbocycles. The molecule has 1 saturated heterocycles. The Hall–Kier alpha value is -1.55. The van der Waals surface area contributed by atoms with Crippen LogP contribution >= 0.6 is 0 Å². The summed E-state index contributed by atoms with van der Waals surface area (Å²) in [6.07, 6.45) is 1.79. The van der Waals surface area contributed by atoms with E-state index in [-0.39, 0.29) is 12.6 Å². The molecule has 1 heterocycles. The Bertz CT molecular complexity index is 426. The summed E-state index contributed by atoms with van der Waals surface area (Å²) in [7, 11) is 0. The Labute approximate surface area is 114 Å². The molecule has 0 unspecified atom stereocenters. The Balaban J connectivity index is 1.81. The highest BCUT2D eigenvalue weighted by molar-refractivity contribution is 5.74. The molecule has 0 bridgehead atoms. The Kier molecular flexibility index (Phi) is 4.80. The molecule has 0 aromatic heterocycles. The number of aliphatic hydroxyl groups is 1. The molecule has 4 heteroatoms. The van der Waals surface area contributed by atoms with Crippen molar-refractivity contribution in [2.24, 2.45) is 5.92 Å². The summed E-state index contributed by atoms with van der Waals surface area (Å²) in [5, 5.41) is 12.0. The van der Waals surface area contributed by atoms with Gasteiger partial charge >= 0.3 is 6.03 Å². The number of rotatable bonds is 3. The minimum absolute atomic E-state index is 0.000331. The lowest BCUT2D eigenvalue weighted by atomic mass is 9.98. The summed E-state index contributed by atoms with van der Waals surface area (Å²) >= 11 is 0. The van der Waals surface area contributed by atoms with Gasteiger partial charge in [0.05, 0.1) is 0 Å². The van der Waals surface area contributed by atoms with Gasteiger partial charge in [-0.15, -0.1) is 0 Å². The summed E-state index contributed by atoms with van der Waals surface area (Å²) in [6.45, 7) is 4.34. The molecule has 1 aromatic rings. The predicted octanol–water partition coefficient (Wildman–Crippen LogP) is 1.91. The van der Waals surface area contributed by atoms with Crippen LogP contribution in [-0.2, 0) is 6.54 Å². The summed E-state index contributed by atoms with van der Waals surface area (Å²) in [5.74, 6) is 0.361. The van der Waals surface area contributed by atoms with Crippen LogP contribution in [0.2, 0.25) is 0 Å². The fraction of sp³-hybridized carbons (Fsp3) is 0.533. The topological polar surface area (TPSA) is 52.6 Å². The Morgan fingerprint density at radius 3 is 2.68 bits per heavy atom. The van der Waals surface area contributed by atoms with E-state index in [1.807, 2.05) is 36.1 Å². The van der Waals surface area contributed by atoms with Crippen LogP contribution in [0, 0.1) is 12.8 Å². The highest BCUT2D eigenvalue weighted by Gasteiger charge is 2.21. The molecular weight excluding hydrogens is 240 g/mol. The van der Waals surface area contributed by atoms with Gasteiger partial charge in [0, 0.05) is 26.2 Å². The Morgan fingerprint density at radius 1 is 1.37 bits per heavy atom. The maximum absolute atomic E-state index is 12.0. The fourth-order valence-electron chi connectivity index (χ4n) is 2.41. The molecule has 4 nitrogen and oxygen atoms in total. The van der Waals surface area contributed by atoms with Crippen LogP contribution in [0.5, 0.6) is 0 Å². The Morgan fingerprint density at radius 2 is 2.05 bits per heavy atom. The van der Waals surface area contributed by atoms with E-state index in [4.69, 9.17) is 5.11 Å². The van der Waals surface area contributed by atoms with E-state index in [9.17, 15) is 4.79 Å². The second kappa shape index (κ2) is 6.57. The highest BCUT2D eigenvalue weighted by atomic mass is 16.3. The average Bonchev–Trinajstić information content (AvgIpc) is 2.46. The fourth-order valence-corrected chi connectivity index (χ4v) is 2.41. The zero-order valence-corrected chi connectivity index (χ0v) is 11.4. The quantitative estimate of drug-likeness (QED) is 0.874. The molecule has 0 radical (unpaired) electrons. The third kappa shape index (κ3) is 3.70. The SMILES string of the molecule is Cc1ccccc1CNC(=O)N1CCC(CO)CC1. The van der Waals surface area contributed by atoms with Gasteiger partial charge in [0.2, 0.25) is 0 Å². The van der Waals surface area contributed by atoms with Crippen LogP contribution in [-0.4, -0.2) is 35.7 Å². The van der Waals surface area contributed by atoms with Gasteiger partial charge in [0.15, 0.2) is 0 Å². The van der Waals surface area contributed by atoms with Gasteiger partial charge in [-0.3, -0.25) is 0 Å². The van der Waals surface area contributed by atoms with Crippen LogP contribution in [0.15, 0.2) is 24.3 Å². The number of aryl methyl sites for hydroxylation is 1. The molecule has 0 aliphatic carbocycles. The van der Waals surface area contributed by atoms with Gasteiger partial charge < -0.3 is 15.3 Å². The molecule has 1 fully saturated rings. The number of carbonyl (C=O) groups is 1.